The highest BCUT2D eigenvalue weighted by Crippen LogP contribution is 2.35. The lowest BCUT2D eigenvalue weighted by Gasteiger charge is -2.27. The Labute approximate surface area is 116 Å². The second-order valence-electron chi connectivity index (χ2n) is 4.19. The quantitative estimate of drug-likeness (QED) is 0.781. The fourth-order valence-electron chi connectivity index (χ4n) is 1.85. The lowest BCUT2D eigenvalue weighted by Crippen LogP contribution is -2.34. The molecule has 0 amide bonds. The van der Waals surface area contributed by atoms with Crippen LogP contribution in [0.15, 0.2) is 28.7 Å². The van der Waals surface area contributed by atoms with Gasteiger partial charge in [0.2, 0.25) is 0 Å². The van der Waals surface area contributed by atoms with Gasteiger partial charge >= 0.3 is 5.97 Å². The van der Waals surface area contributed by atoms with E-state index < -0.39 is 5.41 Å². The van der Waals surface area contributed by atoms with E-state index in [-0.39, 0.29) is 5.97 Å². The van der Waals surface area contributed by atoms with Crippen LogP contribution in [0.4, 0.5) is 0 Å². The molecule has 0 aliphatic rings. The molecule has 0 aromatic heterocycles. The van der Waals surface area contributed by atoms with Crippen molar-refractivity contribution in [1.29, 1.82) is 5.26 Å². The molecule has 0 N–H and O–H groups in total. The predicted octanol–water partition coefficient (Wildman–Crippen LogP) is 3.57. The van der Waals surface area contributed by atoms with Crippen molar-refractivity contribution in [2.45, 2.75) is 32.1 Å². The predicted molar refractivity (Wildman–Crippen MR) is 73.0 cm³/mol. The second-order valence-corrected chi connectivity index (χ2v) is 5.04. The summed E-state index contributed by atoms with van der Waals surface area (Å²) in [5, 5.41) is 8.74. The number of rotatable bonds is 5. The van der Waals surface area contributed by atoms with E-state index in [0.29, 0.717) is 19.4 Å². The topological polar surface area (TPSA) is 50.1 Å². The molecule has 0 fully saturated rings. The van der Waals surface area contributed by atoms with Gasteiger partial charge in [0.1, 0.15) is 0 Å². The third-order valence-corrected chi connectivity index (χ3v) is 3.62. The first-order chi connectivity index (χ1) is 8.56. The zero-order valence-electron chi connectivity index (χ0n) is 10.6. The van der Waals surface area contributed by atoms with Crippen molar-refractivity contribution in [3.05, 3.63) is 34.3 Å². The lowest BCUT2D eigenvalue weighted by molar-refractivity contribution is -0.149. The summed E-state index contributed by atoms with van der Waals surface area (Å²) in [6.07, 6.45) is 0.765. The molecule has 96 valence electrons. The highest BCUT2D eigenvalue weighted by Gasteiger charge is 2.37. The third kappa shape index (κ3) is 3.11. The fourth-order valence-corrected chi connectivity index (χ4v) is 2.57. The number of ether oxygens (including phenoxy) is 1. The molecule has 1 aromatic carbocycles. The Morgan fingerprint density at radius 2 is 2.17 bits per heavy atom. The second kappa shape index (κ2) is 6.55. The highest BCUT2D eigenvalue weighted by molar-refractivity contribution is 9.10. The van der Waals surface area contributed by atoms with E-state index in [1.807, 2.05) is 31.2 Å². The van der Waals surface area contributed by atoms with Crippen molar-refractivity contribution in [3.63, 3.8) is 0 Å². The number of hydrogen-bond donors (Lipinski definition) is 0. The number of esters is 1. The van der Waals surface area contributed by atoms with E-state index in [4.69, 9.17) is 10.00 Å². The SMILES string of the molecule is CCOC(=O)C(C)(CCC#N)c1ccccc1Br. The largest absolute Gasteiger partial charge is 0.465 e. The molecule has 0 aliphatic carbocycles. The van der Waals surface area contributed by atoms with Crippen molar-refractivity contribution in [2.24, 2.45) is 0 Å². The van der Waals surface area contributed by atoms with E-state index in [2.05, 4.69) is 22.0 Å². The van der Waals surface area contributed by atoms with Gasteiger partial charge < -0.3 is 4.74 Å². The Morgan fingerprint density at radius 3 is 2.72 bits per heavy atom. The number of halogens is 1. The average molecular weight is 310 g/mol. The minimum Gasteiger partial charge on any atom is -0.465 e. The van der Waals surface area contributed by atoms with E-state index in [1.165, 1.54) is 0 Å². The molecular formula is C14H16BrNO2. The zero-order chi connectivity index (χ0) is 13.6. The van der Waals surface area contributed by atoms with Crippen LogP contribution < -0.4 is 0 Å². The molecule has 0 bridgehead atoms. The van der Waals surface area contributed by atoms with Gasteiger partial charge in [-0.1, -0.05) is 34.1 Å². The van der Waals surface area contributed by atoms with E-state index in [9.17, 15) is 4.79 Å². The molecule has 0 radical (unpaired) electrons. The van der Waals surface area contributed by atoms with Crippen LogP contribution in [0, 0.1) is 11.3 Å². The monoisotopic (exact) mass is 309 g/mol. The number of benzene rings is 1. The Morgan fingerprint density at radius 1 is 1.50 bits per heavy atom. The van der Waals surface area contributed by atoms with Gasteiger partial charge in [-0.2, -0.15) is 5.26 Å². The van der Waals surface area contributed by atoms with Crippen molar-refractivity contribution >= 4 is 21.9 Å². The summed E-state index contributed by atoms with van der Waals surface area (Å²) < 4.78 is 6.00. The summed E-state index contributed by atoms with van der Waals surface area (Å²) >= 11 is 3.45. The summed E-state index contributed by atoms with van der Waals surface area (Å²) in [5.74, 6) is -0.285. The molecule has 0 saturated carbocycles. The van der Waals surface area contributed by atoms with Crippen LogP contribution in [-0.4, -0.2) is 12.6 Å². The fraction of sp³-hybridized carbons (Fsp3) is 0.429. The molecular weight excluding hydrogens is 294 g/mol. The van der Waals surface area contributed by atoms with Crippen molar-refractivity contribution in [1.82, 2.24) is 0 Å². The molecule has 1 aromatic rings. The van der Waals surface area contributed by atoms with E-state index in [0.717, 1.165) is 10.0 Å². The smallest absolute Gasteiger partial charge is 0.316 e. The minimum atomic E-state index is -0.786. The number of hydrogen-bond acceptors (Lipinski definition) is 3. The molecule has 0 heterocycles. The number of carbonyl (C=O) groups is 1. The third-order valence-electron chi connectivity index (χ3n) is 2.93. The van der Waals surface area contributed by atoms with Crippen LogP contribution in [0.25, 0.3) is 0 Å². The van der Waals surface area contributed by atoms with Crippen LogP contribution in [0.2, 0.25) is 0 Å². The molecule has 1 atom stereocenters. The standard InChI is InChI=1S/C14H16BrNO2/c1-3-18-13(17)14(2,9-6-10-16)11-7-4-5-8-12(11)15/h4-5,7-8H,3,6,9H2,1-2H3. The van der Waals surface area contributed by atoms with Gasteiger partial charge in [-0.05, 0) is 31.9 Å². The lowest BCUT2D eigenvalue weighted by atomic mass is 9.78. The molecule has 1 rings (SSSR count). The molecule has 18 heavy (non-hydrogen) atoms. The normalized spacial score (nSPS) is 13.4. The van der Waals surface area contributed by atoms with Gasteiger partial charge in [0.05, 0.1) is 18.1 Å². The maximum absolute atomic E-state index is 12.2. The molecule has 0 aliphatic heterocycles. The first kappa shape index (κ1) is 14.7. The van der Waals surface area contributed by atoms with Crippen LogP contribution in [0.3, 0.4) is 0 Å². The molecule has 0 saturated heterocycles. The van der Waals surface area contributed by atoms with Crippen LogP contribution in [-0.2, 0) is 14.9 Å². The summed E-state index contributed by atoms with van der Waals surface area (Å²) in [6.45, 7) is 3.94. The number of nitriles is 1. The van der Waals surface area contributed by atoms with Crippen molar-refractivity contribution in [2.75, 3.05) is 6.61 Å². The summed E-state index contributed by atoms with van der Waals surface area (Å²) in [5.41, 5.74) is 0.0740. The zero-order valence-corrected chi connectivity index (χ0v) is 12.2. The van der Waals surface area contributed by atoms with Gasteiger partial charge in [-0.15, -0.1) is 0 Å². The van der Waals surface area contributed by atoms with Crippen LogP contribution in [0.1, 0.15) is 32.3 Å². The Kier molecular flexibility index (Phi) is 5.36. The number of carbonyl (C=O) groups excluding carboxylic acids is 1. The Bertz CT molecular complexity index is 467. The molecule has 3 nitrogen and oxygen atoms in total. The van der Waals surface area contributed by atoms with Crippen molar-refractivity contribution < 1.29 is 9.53 Å². The Hall–Kier alpha value is -1.34. The molecule has 1 unspecified atom stereocenters. The van der Waals surface area contributed by atoms with Gasteiger partial charge in [-0.3, -0.25) is 4.79 Å². The maximum atomic E-state index is 12.2. The van der Waals surface area contributed by atoms with Crippen LogP contribution in [0.5, 0.6) is 0 Å². The maximum Gasteiger partial charge on any atom is 0.316 e. The highest BCUT2D eigenvalue weighted by atomic mass is 79.9. The average Bonchev–Trinajstić information content (AvgIpc) is 2.36. The summed E-state index contributed by atoms with van der Waals surface area (Å²) in [7, 11) is 0. The first-order valence-corrected chi connectivity index (χ1v) is 6.64. The van der Waals surface area contributed by atoms with Gasteiger partial charge in [0, 0.05) is 10.9 Å². The first-order valence-electron chi connectivity index (χ1n) is 5.85. The Balaban J connectivity index is 3.16. The minimum absolute atomic E-state index is 0.285. The van der Waals surface area contributed by atoms with E-state index >= 15 is 0 Å². The van der Waals surface area contributed by atoms with E-state index in [1.54, 1.807) is 6.92 Å². The van der Waals surface area contributed by atoms with Gasteiger partial charge in [-0.25, -0.2) is 0 Å². The molecule has 4 heteroatoms. The van der Waals surface area contributed by atoms with Crippen LogP contribution >= 0.6 is 15.9 Å². The van der Waals surface area contributed by atoms with Crippen molar-refractivity contribution in [3.8, 4) is 6.07 Å². The summed E-state index contributed by atoms with van der Waals surface area (Å²) in [6, 6.07) is 9.63. The number of nitrogens with zero attached hydrogens (tertiary/aromatic N) is 1. The van der Waals surface area contributed by atoms with Gasteiger partial charge in [0.25, 0.3) is 0 Å². The summed E-state index contributed by atoms with van der Waals surface area (Å²) in [4.78, 5) is 12.2. The molecule has 0 spiro atoms. The van der Waals surface area contributed by atoms with Gasteiger partial charge in [0.15, 0.2) is 0 Å².